The lowest BCUT2D eigenvalue weighted by atomic mass is 10.2. The molecule has 8 nitrogen and oxygen atoms in total. The Kier molecular flexibility index (Phi) is 5.11. The van der Waals surface area contributed by atoms with Gasteiger partial charge in [-0.25, -0.2) is 15.0 Å². The van der Waals surface area contributed by atoms with Crippen molar-refractivity contribution in [3.63, 3.8) is 0 Å². The molecule has 1 aliphatic rings. The van der Waals surface area contributed by atoms with E-state index >= 15 is 0 Å². The van der Waals surface area contributed by atoms with Gasteiger partial charge in [0.2, 0.25) is 11.9 Å². The molecule has 1 aliphatic heterocycles. The normalized spacial score (nSPS) is 14.3. The molecule has 8 heteroatoms. The van der Waals surface area contributed by atoms with E-state index in [0.29, 0.717) is 6.54 Å². The Balaban J connectivity index is 1.36. The Hall–Kier alpha value is -3.68. The minimum atomic E-state index is 0.575. The van der Waals surface area contributed by atoms with E-state index in [1.807, 2.05) is 56.3 Å². The van der Waals surface area contributed by atoms with Gasteiger partial charge in [-0.1, -0.05) is 12.1 Å². The standard InChI is InChI=1S/C23H25N7O/c1-16-14-17(2)26-22(25-16)29-9-11-30(12-10-29)23-27-20-8-4-3-7-19(20)21(28-23)24-15-18-6-5-13-31-18/h3-8,13-14H,9-12,15H2,1-2H3,(H,24,27,28). The van der Waals surface area contributed by atoms with Gasteiger partial charge in [0, 0.05) is 43.0 Å². The monoisotopic (exact) mass is 415 g/mol. The fraction of sp³-hybridized carbons (Fsp3) is 0.304. The highest BCUT2D eigenvalue weighted by Gasteiger charge is 2.22. The number of fused-ring (bicyclic) bond motifs is 1. The van der Waals surface area contributed by atoms with Gasteiger partial charge in [-0.3, -0.25) is 0 Å². The maximum Gasteiger partial charge on any atom is 0.228 e. The van der Waals surface area contributed by atoms with Gasteiger partial charge in [0.1, 0.15) is 11.6 Å². The summed E-state index contributed by atoms with van der Waals surface area (Å²) in [6.45, 7) is 7.87. The number of hydrogen-bond donors (Lipinski definition) is 1. The quantitative estimate of drug-likeness (QED) is 0.530. The van der Waals surface area contributed by atoms with Gasteiger partial charge in [0.15, 0.2) is 0 Å². The van der Waals surface area contributed by atoms with Gasteiger partial charge < -0.3 is 19.5 Å². The molecule has 0 amide bonds. The Morgan fingerprint density at radius 1 is 0.839 bits per heavy atom. The number of furan rings is 1. The molecule has 1 saturated heterocycles. The zero-order valence-corrected chi connectivity index (χ0v) is 17.7. The van der Waals surface area contributed by atoms with Crippen LogP contribution in [0.1, 0.15) is 17.1 Å². The average molecular weight is 416 g/mol. The summed E-state index contributed by atoms with van der Waals surface area (Å²) in [6.07, 6.45) is 1.68. The number of nitrogens with zero attached hydrogens (tertiary/aromatic N) is 6. The summed E-state index contributed by atoms with van der Waals surface area (Å²) in [6, 6.07) is 13.9. The van der Waals surface area contributed by atoms with Crippen molar-refractivity contribution in [3.05, 3.63) is 65.9 Å². The van der Waals surface area contributed by atoms with E-state index < -0.39 is 0 Å². The molecule has 31 heavy (non-hydrogen) atoms. The van der Waals surface area contributed by atoms with Crippen molar-refractivity contribution in [1.82, 2.24) is 19.9 Å². The van der Waals surface area contributed by atoms with Gasteiger partial charge in [-0.15, -0.1) is 0 Å². The third-order valence-corrected chi connectivity index (χ3v) is 5.42. The van der Waals surface area contributed by atoms with E-state index in [-0.39, 0.29) is 0 Å². The lowest BCUT2D eigenvalue weighted by molar-refractivity contribution is 0.518. The maximum absolute atomic E-state index is 5.45. The molecule has 4 aromatic rings. The number of benzene rings is 1. The third-order valence-electron chi connectivity index (χ3n) is 5.42. The van der Waals surface area contributed by atoms with Crippen LogP contribution in [0.15, 0.2) is 53.1 Å². The van der Waals surface area contributed by atoms with Crippen molar-refractivity contribution in [1.29, 1.82) is 0 Å². The van der Waals surface area contributed by atoms with Crippen molar-refractivity contribution in [2.45, 2.75) is 20.4 Å². The molecule has 5 rings (SSSR count). The molecule has 0 atom stereocenters. The third kappa shape index (κ3) is 4.14. The average Bonchev–Trinajstić information content (AvgIpc) is 3.30. The predicted molar refractivity (Wildman–Crippen MR) is 122 cm³/mol. The number of anilines is 3. The van der Waals surface area contributed by atoms with E-state index in [0.717, 1.165) is 71.9 Å². The second-order valence-corrected chi connectivity index (χ2v) is 7.75. The smallest absolute Gasteiger partial charge is 0.228 e. The van der Waals surface area contributed by atoms with Crippen LogP contribution in [0.2, 0.25) is 0 Å². The van der Waals surface area contributed by atoms with Crippen molar-refractivity contribution < 1.29 is 4.42 Å². The Morgan fingerprint density at radius 3 is 2.19 bits per heavy atom. The van der Waals surface area contributed by atoms with E-state index in [1.54, 1.807) is 6.26 Å². The van der Waals surface area contributed by atoms with Gasteiger partial charge in [-0.05, 0) is 44.2 Å². The Morgan fingerprint density at radius 2 is 1.52 bits per heavy atom. The van der Waals surface area contributed by atoms with E-state index in [4.69, 9.17) is 14.4 Å². The fourth-order valence-corrected chi connectivity index (χ4v) is 3.88. The zero-order valence-electron chi connectivity index (χ0n) is 17.7. The molecular formula is C23H25N7O. The first-order valence-electron chi connectivity index (χ1n) is 10.5. The summed E-state index contributed by atoms with van der Waals surface area (Å²) >= 11 is 0. The molecule has 1 aromatic carbocycles. The van der Waals surface area contributed by atoms with Gasteiger partial charge in [0.25, 0.3) is 0 Å². The van der Waals surface area contributed by atoms with Crippen LogP contribution in [0.5, 0.6) is 0 Å². The van der Waals surface area contributed by atoms with Gasteiger partial charge in [-0.2, -0.15) is 4.98 Å². The second-order valence-electron chi connectivity index (χ2n) is 7.75. The highest BCUT2D eigenvalue weighted by Crippen LogP contribution is 2.25. The lowest BCUT2D eigenvalue weighted by Crippen LogP contribution is -2.47. The number of aryl methyl sites for hydroxylation is 2. The molecule has 1 N–H and O–H groups in total. The summed E-state index contributed by atoms with van der Waals surface area (Å²) in [4.78, 5) is 23.4. The molecule has 4 heterocycles. The van der Waals surface area contributed by atoms with Crippen molar-refractivity contribution in [2.75, 3.05) is 41.3 Å². The van der Waals surface area contributed by atoms with E-state index in [2.05, 4.69) is 25.1 Å². The summed E-state index contributed by atoms with van der Waals surface area (Å²) in [5.74, 6) is 3.22. The SMILES string of the molecule is Cc1cc(C)nc(N2CCN(c3nc(NCc4ccco4)c4ccccc4n3)CC2)n1. The highest BCUT2D eigenvalue weighted by atomic mass is 16.3. The first-order chi connectivity index (χ1) is 15.2. The Labute approximate surface area is 181 Å². The maximum atomic E-state index is 5.45. The molecule has 1 fully saturated rings. The first kappa shape index (κ1) is 19.3. The lowest BCUT2D eigenvalue weighted by Gasteiger charge is -2.35. The number of rotatable bonds is 5. The van der Waals surface area contributed by atoms with Crippen molar-refractivity contribution in [3.8, 4) is 0 Å². The first-order valence-corrected chi connectivity index (χ1v) is 10.5. The van der Waals surface area contributed by atoms with E-state index in [1.165, 1.54) is 0 Å². The number of aromatic nitrogens is 4. The largest absolute Gasteiger partial charge is 0.467 e. The van der Waals surface area contributed by atoms with E-state index in [9.17, 15) is 0 Å². The van der Waals surface area contributed by atoms with Crippen LogP contribution in [-0.2, 0) is 6.54 Å². The number of piperazine rings is 1. The van der Waals surface area contributed by atoms with Crippen LogP contribution in [0.4, 0.5) is 17.7 Å². The molecular weight excluding hydrogens is 390 g/mol. The minimum absolute atomic E-state index is 0.575. The molecule has 3 aromatic heterocycles. The predicted octanol–water partition coefficient (Wildman–Crippen LogP) is 3.57. The van der Waals surface area contributed by atoms with Crippen LogP contribution in [0, 0.1) is 13.8 Å². The molecule has 0 aliphatic carbocycles. The zero-order chi connectivity index (χ0) is 21.2. The topological polar surface area (TPSA) is 83.2 Å². The van der Waals surface area contributed by atoms with Crippen LogP contribution in [0.3, 0.4) is 0 Å². The van der Waals surface area contributed by atoms with Gasteiger partial charge in [0.05, 0.1) is 18.3 Å². The molecule has 0 saturated carbocycles. The van der Waals surface area contributed by atoms with Crippen LogP contribution < -0.4 is 15.1 Å². The highest BCUT2D eigenvalue weighted by molar-refractivity contribution is 5.90. The number of nitrogens with one attached hydrogen (secondary N) is 1. The number of hydrogen-bond acceptors (Lipinski definition) is 8. The summed E-state index contributed by atoms with van der Waals surface area (Å²) in [5.41, 5.74) is 2.92. The summed E-state index contributed by atoms with van der Waals surface area (Å²) in [5, 5.41) is 4.41. The Bertz CT molecular complexity index is 1160. The molecule has 0 bridgehead atoms. The molecule has 0 unspecified atom stereocenters. The summed E-state index contributed by atoms with van der Waals surface area (Å²) in [7, 11) is 0. The van der Waals surface area contributed by atoms with Gasteiger partial charge >= 0.3 is 0 Å². The summed E-state index contributed by atoms with van der Waals surface area (Å²) < 4.78 is 5.45. The number of para-hydroxylation sites is 1. The fourth-order valence-electron chi connectivity index (χ4n) is 3.88. The molecule has 158 valence electrons. The minimum Gasteiger partial charge on any atom is -0.467 e. The molecule has 0 spiro atoms. The van der Waals surface area contributed by atoms with Crippen LogP contribution in [-0.4, -0.2) is 46.1 Å². The van der Waals surface area contributed by atoms with Crippen LogP contribution >= 0.6 is 0 Å². The second kappa shape index (κ2) is 8.22. The molecule has 0 radical (unpaired) electrons. The van der Waals surface area contributed by atoms with Crippen LogP contribution in [0.25, 0.3) is 10.9 Å². The van der Waals surface area contributed by atoms with Crippen molar-refractivity contribution in [2.24, 2.45) is 0 Å². The van der Waals surface area contributed by atoms with Crippen molar-refractivity contribution >= 4 is 28.6 Å².